The van der Waals surface area contributed by atoms with Crippen molar-refractivity contribution in [1.29, 1.82) is 0 Å². The Morgan fingerprint density at radius 1 is 1.22 bits per heavy atom. The van der Waals surface area contributed by atoms with Crippen LogP contribution in [-0.4, -0.2) is 15.0 Å². The van der Waals surface area contributed by atoms with E-state index in [1.165, 1.54) is 4.68 Å². The van der Waals surface area contributed by atoms with Crippen LogP contribution in [0.25, 0.3) is 5.69 Å². The Morgan fingerprint density at radius 3 is 2.22 bits per heavy atom. The second-order valence-electron chi connectivity index (χ2n) is 3.98. The van der Waals surface area contributed by atoms with Gasteiger partial charge in [-0.1, -0.05) is 5.21 Å². The highest BCUT2D eigenvalue weighted by atomic mass is 19.2. The van der Waals surface area contributed by atoms with Crippen molar-refractivity contribution in [2.45, 2.75) is 19.9 Å². The molecule has 0 bridgehead atoms. The summed E-state index contributed by atoms with van der Waals surface area (Å²) in [5.41, 5.74) is 6.79. The third-order valence-electron chi connectivity index (χ3n) is 2.57. The van der Waals surface area contributed by atoms with E-state index in [-0.39, 0.29) is 11.7 Å². The topological polar surface area (TPSA) is 56.7 Å². The van der Waals surface area contributed by atoms with Gasteiger partial charge in [0.1, 0.15) is 5.69 Å². The molecule has 0 amide bonds. The van der Waals surface area contributed by atoms with Gasteiger partial charge in [0.2, 0.25) is 0 Å². The van der Waals surface area contributed by atoms with Crippen molar-refractivity contribution in [3.8, 4) is 5.69 Å². The number of halogens is 3. The third-order valence-corrected chi connectivity index (χ3v) is 2.57. The molecule has 1 aromatic carbocycles. The molecule has 1 unspecified atom stereocenters. The van der Waals surface area contributed by atoms with Gasteiger partial charge in [0, 0.05) is 18.2 Å². The van der Waals surface area contributed by atoms with Crippen LogP contribution in [0.1, 0.15) is 24.4 Å². The van der Waals surface area contributed by atoms with Crippen LogP contribution in [0.3, 0.4) is 0 Å². The lowest BCUT2D eigenvalue weighted by molar-refractivity contribution is 0.445. The van der Waals surface area contributed by atoms with Gasteiger partial charge >= 0.3 is 0 Å². The van der Waals surface area contributed by atoms with Crippen LogP contribution < -0.4 is 5.73 Å². The molecule has 7 heteroatoms. The molecule has 4 nitrogen and oxygen atoms in total. The Balaban J connectivity index is 2.56. The maximum absolute atomic E-state index is 13.1. The summed E-state index contributed by atoms with van der Waals surface area (Å²) in [4.78, 5) is 0. The standard InChI is InChI=1S/C11H11F3N4/c1-5(15)11-6(2)18(17-16-11)7-3-8(12)10(14)9(13)4-7/h3-5H,15H2,1-2H3. The summed E-state index contributed by atoms with van der Waals surface area (Å²) < 4.78 is 40.3. The van der Waals surface area contributed by atoms with Crippen molar-refractivity contribution in [1.82, 2.24) is 15.0 Å². The summed E-state index contributed by atoms with van der Waals surface area (Å²) >= 11 is 0. The van der Waals surface area contributed by atoms with E-state index in [1.54, 1.807) is 13.8 Å². The number of hydrogen-bond acceptors (Lipinski definition) is 3. The molecule has 0 fully saturated rings. The predicted molar refractivity (Wildman–Crippen MR) is 58.6 cm³/mol. The van der Waals surface area contributed by atoms with Crippen molar-refractivity contribution in [2.24, 2.45) is 5.73 Å². The number of nitrogens with zero attached hydrogens (tertiary/aromatic N) is 3. The fourth-order valence-electron chi connectivity index (χ4n) is 1.67. The molecule has 18 heavy (non-hydrogen) atoms. The number of nitrogens with two attached hydrogens (primary N) is 1. The normalized spacial score (nSPS) is 12.8. The summed E-state index contributed by atoms with van der Waals surface area (Å²) in [7, 11) is 0. The molecule has 1 atom stereocenters. The summed E-state index contributed by atoms with van der Waals surface area (Å²) in [6.07, 6.45) is 0. The van der Waals surface area contributed by atoms with E-state index in [9.17, 15) is 13.2 Å². The minimum absolute atomic E-state index is 0.0586. The highest BCUT2D eigenvalue weighted by Crippen LogP contribution is 2.20. The Hall–Kier alpha value is -1.89. The molecule has 0 saturated carbocycles. The minimum atomic E-state index is -1.51. The van der Waals surface area contributed by atoms with E-state index in [0.29, 0.717) is 11.4 Å². The van der Waals surface area contributed by atoms with E-state index < -0.39 is 17.5 Å². The third kappa shape index (κ3) is 1.97. The maximum Gasteiger partial charge on any atom is 0.194 e. The molecule has 0 saturated heterocycles. The zero-order chi connectivity index (χ0) is 13.4. The number of rotatable bonds is 2. The minimum Gasteiger partial charge on any atom is -0.323 e. The Kier molecular flexibility index (Phi) is 3.08. The predicted octanol–water partition coefficient (Wildman–Crippen LogP) is 2.01. The summed E-state index contributed by atoms with van der Waals surface area (Å²) in [6.45, 7) is 3.38. The molecule has 2 N–H and O–H groups in total. The maximum atomic E-state index is 13.1. The molecular weight excluding hydrogens is 245 g/mol. The van der Waals surface area contributed by atoms with Gasteiger partial charge in [-0.15, -0.1) is 5.10 Å². The van der Waals surface area contributed by atoms with Crippen molar-refractivity contribution in [3.05, 3.63) is 41.0 Å². The number of benzene rings is 1. The first-order valence-corrected chi connectivity index (χ1v) is 5.24. The van der Waals surface area contributed by atoms with Gasteiger partial charge in [0.25, 0.3) is 0 Å². The first kappa shape index (κ1) is 12.6. The number of aromatic nitrogens is 3. The second-order valence-corrected chi connectivity index (χ2v) is 3.98. The first-order chi connectivity index (χ1) is 8.41. The molecule has 2 rings (SSSR count). The van der Waals surface area contributed by atoms with Crippen LogP contribution in [-0.2, 0) is 0 Å². The van der Waals surface area contributed by atoms with Crippen molar-refractivity contribution < 1.29 is 13.2 Å². The van der Waals surface area contributed by atoms with Crippen LogP contribution in [0.15, 0.2) is 12.1 Å². The van der Waals surface area contributed by atoms with Gasteiger partial charge in [0.15, 0.2) is 17.5 Å². The SMILES string of the molecule is Cc1c(C(C)N)nnn1-c1cc(F)c(F)c(F)c1. The summed E-state index contributed by atoms with van der Waals surface area (Å²) in [5.74, 6) is -4.06. The molecule has 0 spiro atoms. The first-order valence-electron chi connectivity index (χ1n) is 5.24. The molecule has 0 aliphatic heterocycles. The fraction of sp³-hybridized carbons (Fsp3) is 0.273. The van der Waals surface area contributed by atoms with Crippen LogP contribution in [0, 0.1) is 24.4 Å². The molecular formula is C11H11F3N4. The van der Waals surface area contributed by atoms with Gasteiger partial charge < -0.3 is 5.73 Å². The monoisotopic (exact) mass is 256 g/mol. The Labute approximate surface area is 101 Å². The molecule has 0 aliphatic carbocycles. The van der Waals surface area contributed by atoms with E-state index in [2.05, 4.69) is 10.3 Å². The molecule has 0 radical (unpaired) electrons. The van der Waals surface area contributed by atoms with Gasteiger partial charge in [-0.25, -0.2) is 17.9 Å². The van der Waals surface area contributed by atoms with Gasteiger partial charge in [-0.05, 0) is 13.8 Å². The smallest absolute Gasteiger partial charge is 0.194 e. The van der Waals surface area contributed by atoms with Gasteiger partial charge in [-0.2, -0.15) is 0 Å². The van der Waals surface area contributed by atoms with Crippen LogP contribution in [0.2, 0.25) is 0 Å². The molecule has 2 aromatic rings. The lowest BCUT2D eigenvalue weighted by atomic mass is 10.2. The zero-order valence-corrected chi connectivity index (χ0v) is 9.78. The lowest BCUT2D eigenvalue weighted by Gasteiger charge is -2.06. The summed E-state index contributed by atoms with van der Waals surface area (Å²) in [6, 6.07) is 1.35. The lowest BCUT2D eigenvalue weighted by Crippen LogP contribution is -2.08. The van der Waals surface area contributed by atoms with Crippen LogP contribution >= 0.6 is 0 Å². The van der Waals surface area contributed by atoms with Crippen LogP contribution in [0.4, 0.5) is 13.2 Å². The molecule has 0 aliphatic rings. The number of hydrogen-bond donors (Lipinski definition) is 1. The fourth-order valence-corrected chi connectivity index (χ4v) is 1.67. The van der Waals surface area contributed by atoms with E-state index in [1.807, 2.05) is 0 Å². The molecule has 1 aromatic heterocycles. The van der Waals surface area contributed by atoms with Crippen LogP contribution in [0.5, 0.6) is 0 Å². The quantitative estimate of drug-likeness (QED) is 0.836. The molecule has 96 valence electrons. The Morgan fingerprint density at radius 2 is 1.78 bits per heavy atom. The van der Waals surface area contributed by atoms with Crippen molar-refractivity contribution >= 4 is 0 Å². The highest BCUT2D eigenvalue weighted by Gasteiger charge is 2.16. The average molecular weight is 256 g/mol. The van der Waals surface area contributed by atoms with Gasteiger partial charge in [0.05, 0.1) is 11.4 Å². The van der Waals surface area contributed by atoms with Gasteiger partial charge in [-0.3, -0.25) is 0 Å². The highest BCUT2D eigenvalue weighted by molar-refractivity contribution is 5.35. The van der Waals surface area contributed by atoms with E-state index >= 15 is 0 Å². The zero-order valence-electron chi connectivity index (χ0n) is 9.78. The van der Waals surface area contributed by atoms with E-state index in [4.69, 9.17) is 5.73 Å². The second kappa shape index (κ2) is 4.41. The Bertz CT molecular complexity index is 569. The molecule has 1 heterocycles. The average Bonchev–Trinajstić information content (AvgIpc) is 2.67. The largest absolute Gasteiger partial charge is 0.323 e. The van der Waals surface area contributed by atoms with Crippen molar-refractivity contribution in [2.75, 3.05) is 0 Å². The van der Waals surface area contributed by atoms with E-state index in [0.717, 1.165) is 12.1 Å². The summed E-state index contributed by atoms with van der Waals surface area (Å²) in [5, 5.41) is 7.57. The van der Waals surface area contributed by atoms with Crippen molar-refractivity contribution in [3.63, 3.8) is 0 Å².